The lowest BCUT2D eigenvalue weighted by molar-refractivity contribution is -0.131. The van der Waals surface area contributed by atoms with Gasteiger partial charge in [0.2, 0.25) is 5.91 Å². The number of nitrogens with zero attached hydrogens (tertiary/aromatic N) is 1. The number of carbonyl (C=O) groups is 1. The van der Waals surface area contributed by atoms with E-state index in [4.69, 9.17) is 4.74 Å². The van der Waals surface area contributed by atoms with Crippen LogP contribution in [0.25, 0.3) is 0 Å². The minimum absolute atomic E-state index is 0.0528. The Kier molecular flexibility index (Phi) is 5.14. The summed E-state index contributed by atoms with van der Waals surface area (Å²) in [4.78, 5) is 14.6. The Morgan fingerprint density at radius 2 is 2.04 bits per heavy atom. The molecule has 0 spiro atoms. The number of hydrogen-bond donors (Lipinski definition) is 0. The first-order valence-corrected chi connectivity index (χ1v) is 8.44. The van der Waals surface area contributed by atoms with Crippen LogP contribution >= 0.6 is 0 Å². The summed E-state index contributed by atoms with van der Waals surface area (Å²) >= 11 is 0. The van der Waals surface area contributed by atoms with E-state index in [2.05, 4.69) is 0 Å². The standard InChI is InChI=1S/C20H22FNO2/c1-2-24-18-10-8-16(9-11-18)19-7-4-12-22(19)20(23)14-15-5-3-6-17(21)13-15/h3,5-6,8-11,13,19H,2,4,7,12,14H2,1H3. The van der Waals surface area contributed by atoms with Gasteiger partial charge in [-0.2, -0.15) is 0 Å². The largest absolute Gasteiger partial charge is 0.494 e. The topological polar surface area (TPSA) is 29.5 Å². The molecule has 1 unspecified atom stereocenters. The summed E-state index contributed by atoms with van der Waals surface area (Å²) < 4.78 is 18.8. The van der Waals surface area contributed by atoms with Gasteiger partial charge < -0.3 is 9.64 Å². The van der Waals surface area contributed by atoms with Crippen molar-refractivity contribution in [3.63, 3.8) is 0 Å². The minimum Gasteiger partial charge on any atom is -0.494 e. The molecule has 24 heavy (non-hydrogen) atoms. The zero-order chi connectivity index (χ0) is 16.9. The van der Waals surface area contributed by atoms with Gasteiger partial charge in [-0.05, 0) is 55.2 Å². The molecule has 0 saturated carbocycles. The van der Waals surface area contributed by atoms with Gasteiger partial charge in [0.25, 0.3) is 0 Å². The molecule has 0 bridgehead atoms. The number of ether oxygens (including phenoxy) is 1. The molecular formula is C20H22FNO2. The highest BCUT2D eigenvalue weighted by molar-refractivity contribution is 5.79. The molecule has 126 valence electrons. The van der Waals surface area contributed by atoms with Crippen molar-refractivity contribution >= 4 is 5.91 Å². The van der Waals surface area contributed by atoms with E-state index in [0.717, 1.165) is 36.3 Å². The molecule has 1 heterocycles. The van der Waals surface area contributed by atoms with Crippen LogP contribution in [0.4, 0.5) is 4.39 Å². The second-order valence-corrected chi connectivity index (χ2v) is 6.05. The van der Waals surface area contributed by atoms with Crippen LogP contribution in [-0.2, 0) is 11.2 Å². The molecule has 2 aromatic carbocycles. The highest BCUT2D eigenvalue weighted by Gasteiger charge is 2.29. The monoisotopic (exact) mass is 327 g/mol. The van der Waals surface area contributed by atoms with Crippen LogP contribution in [0.15, 0.2) is 48.5 Å². The van der Waals surface area contributed by atoms with Gasteiger partial charge in [-0.1, -0.05) is 24.3 Å². The highest BCUT2D eigenvalue weighted by atomic mass is 19.1. The molecule has 4 heteroatoms. The molecule has 1 saturated heterocycles. The van der Waals surface area contributed by atoms with Crippen molar-refractivity contribution in [2.24, 2.45) is 0 Å². The third-order valence-corrected chi connectivity index (χ3v) is 4.39. The van der Waals surface area contributed by atoms with Gasteiger partial charge in [0.05, 0.1) is 19.1 Å². The third kappa shape index (κ3) is 3.75. The maximum Gasteiger partial charge on any atom is 0.227 e. The lowest BCUT2D eigenvalue weighted by Gasteiger charge is -2.25. The molecule has 0 aliphatic carbocycles. The van der Waals surface area contributed by atoms with Crippen molar-refractivity contribution in [2.75, 3.05) is 13.2 Å². The fraction of sp³-hybridized carbons (Fsp3) is 0.350. The van der Waals surface area contributed by atoms with Gasteiger partial charge in [-0.15, -0.1) is 0 Å². The summed E-state index contributed by atoms with van der Waals surface area (Å²) in [6.07, 6.45) is 2.20. The summed E-state index contributed by atoms with van der Waals surface area (Å²) in [5.41, 5.74) is 1.85. The summed E-state index contributed by atoms with van der Waals surface area (Å²) in [7, 11) is 0. The van der Waals surface area contributed by atoms with Gasteiger partial charge in [-0.3, -0.25) is 4.79 Å². The van der Waals surface area contributed by atoms with E-state index < -0.39 is 0 Å². The summed E-state index contributed by atoms with van der Waals surface area (Å²) in [5, 5.41) is 0. The molecule has 1 aliphatic heterocycles. The van der Waals surface area contributed by atoms with Crippen LogP contribution in [0.2, 0.25) is 0 Å². The van der Waals surface area contributed by atoms with Crippen molar-refractivity contribution in [3.05, 3.63) is 65.5 Å². The second-order valence-electron chi connectivity index (χ2n) is 6.05. The lowest BCUT2D eigenvalue weighted by atomic mass is 10.0. The van der Waals surface area contributed by atoms with Gasteiger partial charge in [0, 0.05) is 6.54 Å². The van der Waals surface area contributed by atoms with Gasteiger partial charge >= 0.3 is 0 Å². The van der Waals surface area contributed by atoms with Crippen molar-refractivity contribution in [1.82, 2.24) is 4.90 Å². The Morgan fingerprint density at radius 1 is 1.25 bits per heavy atom. The van der Waals surface area contributed by atoms with E-state index >= 15 is 0 Å². The Morgan fingerprint density at radius 3 is 2.75 bits per heavy atom. The first-order valence-electron chi connectivity index (χ1n) is 8.44. The molecule has 3 rings (SSSR count). The number of benzene rings is 2. The van der Waals surface area contributed by atoms with Crippen LogP contribution in [0.1, 0.15) is 36.9 Å². The minimum atomic E-state index is -0.301. The molecule has 1 fully saturated rings. The highest BCUT2D eigenvalue weighted by Crippen LogP contribution is 2.33. The molecule has 0 aromatic heterocycles. The molecule has 1 aliphatic rings. The zero-order valence-electron chi connectivity index (χ0n) is 13.9. The fourth-order valence-corrected chi connectivity index (χ4v) is 3.29. The smallest absolute Gasteiger partial charge is 0.227 e. The maximum atomic E-state index is 13.3. The van der Waals surface area contributed by atoms with Gasteiger partial charge in [0.1, 0.15) is 11.6 Å². The quantitative estimate of drug-likeness (QED) is 0.826. The predicted octanol–water partition coefficient (Wildman–Crippen LogP) is 4.13. The molecule has 0 N–H and O–H groups in total. The van der Waals surface area contributed by atoms with Crippen LogP contribution in [-0.4, -0.2) is 24.0 Å². The lowest BCUT2D eigenvalue weighted by Crippen LogP contribution is -2.31. The van der Waals surface area contributed by atoms with Crippen molar-refractivity contribution in [3.8, 4) is 5.75 Å². The number of amides is 1. The number of rotatable bonds is 5. The SMILES string of the molecule is CCOc1ccc(C2CCCN2C(=O)Cc2cccc(F)c2)cc1. The van der Waals surface area contributed by atoms with E-state index in [9.17, 15) is 9.18 Å². The predicted molar refractivity (Wildman–Crippen MR) is 91.4 cm³/mol. The Bertz CT molecular complexity index is 699. The van der Waals surface area contributed by atoms with Crippen LogP contribution in [0.5, 0.6) is 5.75 Å². The van der Waals surface area contributed by atoms with Gasteiger partial charge in [0.15, 0.2) is 0 Å². The maximum absolute atomic E-state index is 13.3. The van der Waals surface area contributed by atoms with E-state index in [-0.39, 0.29) is 24.2 Å². The average Bonchev–Trinajstić information content (AvgIpc) is 3.06. The van der Waals surface area contributed by atoms with Crippen LogP contribution < -0.4 is 4.74 Å². The molecule has 1 atom stereocenters. The van der Waals surface area contributed by atoms with Crippen LogP contribution in [0.3, 0.4) is 0 Å². The first-order chi connectivity index (χ1) is 11.7. The van der Waals surface area contributed by atoms with E-state index in [1.54, 1.807) is 12.1 Å². The Balaban J connectivity index is 1.71. The molecule has 2 aromatic rings. The number of halogens is 1. The number of hydrogen-bond acceptors (Lipinski definition) is 2. The summed E-state index contributed by atoms with van der Waals surface area (Å²) in [6.45, 7) is 3.35. The summed E-state index contributed by atoms with van der Waals surface area (Å²) in [5.74, 6) is 0.596. The Hall–Kier alpha value is -2.36. The fourth-order valence-electron chi connectivity index (χ4n) is 3.29. The second kappa shape index (κ2) is 7.47. The molecular weight excluding hydrogens is 305 g/mol. The van der Waals surface area contributed by atoms with Crippen molar-refractivity contribution < 1.29 is 13.9 Å². The normalized spacial score (nSPS) is 17.1. The average molecular weight is 327 g/mol. The van der Waals surface area contributed by atoms with E-state index in [1.165, 1.54) is 12.1 Å². The van der Waals surface area contributed by atoms with Crippen LogP contribution in [0, 0.1) is 5.82 Å². The first kappa shape index (κ1) is 16.5. The van der Waals surface area contributed by atoms with E-state index in [0.29, 0.717) is 6.61 Å². The third-order valence-electron chi connectivity index (χ3n) is 4.39. The zero-order valence-corrected chi connectivity index (χ0v) is 13.9. The van der Waals surface area contributed by atoms with Crippen molar-refractivity contribution in [2.45, 2.75) is 32.2 Å². The Labute approximate surface area is 142 Å². The molecule has 1 amide bonds. The molecule has 3 nitrogen and oxygen atoms in total. The number of carbonyl (C=O) groups excluding carboxylic acids is 1. The summed E-state index contributed by atoms with van der Waals surface area (Å²) in [6, 6.07) is 14.3. The molecule has 0 radical (unpaired) electrons. The van der Waals surface area contributed by atoms with E-state index in [1.807, 2.05) is 36.1 Å². The van der Waals surface area contributed by atoms with Gasteiger partial charge in [-0.25, -0.2) is 4.39 Å². The number of likely N-dealkylation sites (tertiary alicyclic amines) is 1. The van der Waals surface area contributed by atoms with Crippen molar-refractivity contribution in [1.29, 1.82) is 0 Å².